The molecule has 0 saturated heterocycles. The van der Waals surface area contributed by atoms with Crippen molar-refractivity contribution >= 4 is 6.08 Å². The van der Waals surface area contributed by atoms with E-state index in [-0.39, 0.29) is 0 Å². The summed E-state index contributed by atoms with van der Waals surface area (Å²) in [5.41, 5.74) is 8.27. The van der Waals surface area contributed by atoms with Crippen LogP contribution in [0.25, 0.3) is 6.08 Å². The summed E-state index contributed by atoms with van der Waals surface area (Å²) in [5, 5.41) is 0. The third-order valence-electron chi connectivity index (χ3n) is 3.26. The lowest BCUT2D eigenvalue weighted by atomic mass is 9.90. The van der Waals surface area contributed by atoms with Crippen LogP contribution in [0.2, 0.25) is 0 Å². The van der Waals surface area contributed by atoms with Crippen LogP contribution < -0.4 is 0 Å². The number of hydrogen-bond donors (Lipinski definition) is 0. The van der Waals surface area contributed by atoms with E-state index in [4.69, 9.17) is 0 Å². The van der Waals surface area contributed by atoms with Gasteiger partial charge < -0.3 is 0 Å². The maximum absolute atomic E-state index is 3.86. The lowest BCUT2D eigenvalue weighted by Crippen LogP contribution is -1.98. The number of benzene rings is 1. The Morgan fingerprint density at radius 3 is 1.31 bits per heavy atom. The second-order valence-electron chi connectivity index (χ2n) is 3.74. The maximum Gasteiger partial charge on any atom is -0.0198 e. The lowest BCUT2D eigenvalue weighted by Gasteiger charge is -2.15. The van der Waals surface area contributed by atoms with Gasteiger partial charge in [0.2, 0.25) is 0 Å². The summed E-state index contributed by atoms with van der Waals surface area (Å²) in [7, 11) is 0. The molecule has 0 amide bonds. The first kappa shape index (κ1) is 10.0. The smallest absolute Gasteiger partial charge is 0.0198 e. The molecule has 0 unspecified atom stereocenters. The Kier molecular flexibility index (Phi) is 2.60. The van der Waals surface area contributed by atoms with Gasteiger partial charge in [0.05, 0.1) is 0 Å². The van der Waals surface area contributed by atoms with Gasteiger partial charge in [0.15, 0.2) is 0 Å². The van der Waals surface area contributed by atoms with Crippen molar-refractivity contribution in [2.45, 2.75) is 34.6 Å². The van der Waals surface area contributed by atoms with E-state index in [2.05, 4.69) is 41.2 Å². The SMILES string of the molecule is C=Cc1c(C)c(C)c(C)c(C)c1C. The Hall–Kier alpha value is -1.04. The van der Waals surface area contributed by atoms with Crippen LogP contribution in [-0.4, -0.2) is 0 Å². The first-order chi connectivity index (χ1) is 6.00. The van der Waals surface area contributed by atoms with Gasteiger partial charge in [0.25, 0.3) is 0 Å². The molecule has 0 radical (unpaired) electrons. The minimum absolute atomic E-state index is 1.31. The van der Waals surface area contributed by atoms with Gasteiger partial charge in [-0.05, 0) is 68.0 Å². The summed E-state index contributed by atoms with van der Waals surface area (Å²) < 4.78 is 0. The molecule has 0 N–H and O–H groups in total. The second kappa shape index (κ2) is 3.37. The molecule has 0 atom stereocenters. The molecule has 1 aromatic carbocycles. The number of rotatable bonds is 1. The van der Waals surface area contributed by atoms with Crippen molar-refractivity contribution in [3.63, 3.8) is 0 Å². The third kappa shape index (κ3) is 1.41. The molecule has 1 rings (SSSR count). The molecule has 13 heavy (non-hydrogen) atoms. The molecule has 0 aliphatic heterocycles. The highest BCUT2D eigenvalue weighted by molar-refractivity contribution is 5.62. The fourth-order valence-electron chi connectivity index (χ4n) is 1.84. The normalized spacial score (nSPS) is 10.2. The molecular weight excluding hydrogens is 156 g/mol. The van der Waals surface area contributed by atoms with E-state index < -0.39 is 0 Å². The van der Waals surface area contributed by atoms with Gasteiger partial charge in [-0.1, -0.05) is 12.7 Å². The molecule has 0 heterocycles. The third-order valence-corrected chi connectivity index (χ3v) is 3.26. The summed E-state index contributed by atoms with van der Waals surface area (Å²) >= 11 is 0. The van der Waals surface area contributed by atoms with Crippen molar-refractivity contribution in [3.05, 3.63) is 40.0 Å². The minimum atomic E-state index is 1.31. The molecule has 0 spiro atoms. The van der Waals surface area contributed by atoms with Crippen LogP contribution in [0.3, 0.4) is 0 Å². The summed E-state index contributed by atoms with van der Waals surface area (Å²) in [6, 6.07) is 0. The first-order valence-corrected chi connectivity index (χ1v) is 4.70. The zero-order valence-electron chi connectivity index (χ0n) is 9.28. The molecule has 0 heteroatoms. The van der Waals surface area contributed by atoms with Crippen LogP contribution in [0.5, 0.6) is 0 Å². The fourth-order valence-corrected chi connectivity index (χ4v) is 1.84. The van der Waals surface area contributed by atoms with Crippen LogP contribution in [0, 0.1) is 34.6 Å². The molecule has 0 aromatic heterocycles. The van der Waals surface area contributed by atoms with Gasteiger partial charge in [-0.2, -0.15) is 0 Å². The van der Waals surface area contributed by atoms with Gasteiger partial charge in [-0.3, -0.25) is 0 Å². The topological polar surface area (TPSA) is 0 Å². The lowest BCUT2D eigenvalue weighted by molar-refractivity contribution is 1.16. The Morgan fingerprint density at radius 1 is 0.692 bits per heavy atom. The molecule has 0 fully saturated rings. The van der Waals surface area contributed by atoms with E-state index in [1.165, 1.54) is 33.4 Å². The molecule has 0 aliphatic carbocycles. The predicted molar refractivity (Wildman–Crippen MR) is 60.2 cm³/mol. The summed E-state index contributed by atoms with van der Waals surface area (Å²) in [5.74, 6) is 0. The minimum Gasteiger partial charge on any atom is -0.0984 e. The van der Waals surface area contributed by atoms with Crippen LogP contribution in [-0.2, 0) is 0 Å². The Balaban J connectivity index is 3.66. The van der Waals surface area contributed by atoms with Crippen LogP contribution >= 0.6 is 0 Å². The van der Waals surface area contributed by atoms with Crippen molar-refractivity contribution in [2.24, 2.45) is 0 Å². The highest BCUT2D eigenvalue weighted by atomic mass is 14.1. The number of hydrogen-bond acceptors (Lipinski definition) is 0. The van der Waals surface area contributed by atoms with Gasteiger partial charge in [0.1, 0.15) is 0 Å². The quantitative estimate of drug-likeness (QED) is 0.606. The van der Waals surface area contributed by atoms with E-state index in [1.54, 1.807) is 0 Å². The molecule has 0 bridgehead atoms. The fraction of sp³-hybridized carbons (Fsp3) is 0.385. The summed E-state index contributed by atoms with van der Waals surface area (Å²) in [6.07, 6.45) is 1.96. The summed E-state index contributed by atoms with van der Waals surface area (Å²) in [4.78, 5) is 0. The highest BCUT2D eigenvalue weighted by Crippen LogP contribution is 2.26. The predicted octanol–water partition coefficient (Wildman–Crippen LogP) is 3.87. The first-order valence-electron chi connectivity index (χ1n) is 4.70. The maximum atomic E-state index is 3.86. The molecular formula is C13H18. The monoisotopic (exact) mass is 174 g/mol. The van der Waals surface area contributed by atoms with Crippen molar-refractivity contribution in [3.8, 4) is 0 Å². The van der Waals surface area contributed by atoms with Crippen LogP contribution in [0.1, 0.15) is 33.4 Å². The van der Waals surface area contributed by atoms with Crippen LogP contribution in [0.15, 0.2) is 6.58 Å². The molecule has 0 aliphatic rings. The Morgan fingerprint density at radius 2 is 1.00 bits per heavy atom. The van der Waals surface area contributed by atoms with Gasteiger partial charge >= 0.3 is 0 Å². The molecule has 1 aromatic rings. The zero-order valence-corrected chi connectivity index (χ0v) is 9.28. The van der Waals surface area contributed by atoms with Gasteiger partial charge in [-0.25, -0.2) is 0 Å². The molecule has 70 valence electrons. The summed E-state index contributed by atoms with van der Waals surface area (Å²) in [6.45, 7) is 14.8. The van der Waals surface area contributed by atoms with Crippen molar-refractivity contribution in [2.75, 3.05) is 0 Å². The zero-order chi connectivity index (χ0) is 10.2. The Labute approximate surface area is 81.3 Å². The van der Waals surface area contributed by atoms with E-state index in [0.717, 1.165) is 0 Å². The van der Waals surface area contributed by atoms with E-state index in [9.17, 15) is 0 Å². The largest absolute Gasteiger partial charge is 0.0984 e. The van der Waals surface area contributed by atoms with Gasteiger partial charge in [0, 0.05) is 0 Å². The average molecular weight is 174 g/mol. The standard InChI is InChI=1S/C13H18/c1-7-13-11(5)9(3)8(2)10(4)12(13)6/h7H,1H2,2-6H3. The Bertz CT molecular complexity index is 328. The van der Waals surface area contributed by atoms with Crippen LogP contribution in [0.4, 0.5) is 0 Å². The van der Waals surface area contributed by atoms with E-state index in [0.29, 0.717) is 0 Å². The molecule has 0 saturated carbocycles. The van der Waals surface area contributed by atoms with Crippen molar-refractivity contribution in [1.29, 1.82) is 0 Å². The van der Waals surface area contributed by atoms with E-state index in [1.807, 2.05) is 6.08 Å². The highest BCUT2D eigenvalue weighted by Gasteiger charge is 2.08. The van der Waals surface area contributed by atoms with Crippen molar-refractivity contribution in [1.82, 2.24) is 0 Å². The van der Waals surface area contributed by atoms with Crippen molar-refractivity contribution < 1.29 is 0 Å². The molecule has 0 nitrogen and oxygen atoms in total. The van der Waals surface area contributed by atoms with Gasteiger partial charge in [-0.15, -0.1) is 0 Å². The second-order valence-corrected chi connectivity index (χ2v) is 3.74. The van der Waals surface area contributed by atoms with E-state index >= 15 is 0 Å². The average Bonchev–Trinajstić information content (AvgIpc) is 2.13.